The van der Waals surface area contributed by atoms with Crippen molar-refractivity contribution in [2.24, 2.45) is 0 Å². The Kier molecular flexibility index (Phi) is 6.46. The summed E-state index contributed by atoms with van der Waals surface area (Å²) in [5.41, 5.74) is 2.20. The van der Waals surface area contributed by atoms with E-state index >= 15 is 0 Å². The van der Waals surface area contributed by atoms with Gasteiger partial charge in [0.05, 0.1) is 17.5 Å². The van der Waals surface area contributed by atoms with Crippen LogP contribution in [-0.2, 0) is 16.4 Å². The Labute approximate surface area is 155 Å². The highest BCUT2D eigenvalue weighted by Gasteiger charge is 2.42. The van der Waals surface area contributed by atoms with Gasteiger partial charge in [-0.25, -0.2) is 12.7 Å². The molecule has 2 N–H and O–H groups in total. The zero-order chi connectivity index (χ0) is 17.2. The molecule has 0 bridgehead atoms. The first-order valence-electron chi connectivity index (χ1n) is 8.05. The number of fused-ring (bicyclic) bond motifs is 1. The summed E-state index contributed by atoms with van der Waals surface area (Å²) in [6.45, 7) is 0.570. The molecule has 0 aromatic heterocycles. The molecule has 0 unspecified atom stereocenters. The van der Waals surface area contributed by atoms with E-state index in [2.05, 4.69) is 5.32 Å². The molecule has 2 aromatic rings. The normalized spacial score (nSPS) is 19.6. The van der Waals surface area contributed by atoms with Crippen LogP contribution in [0.2, 0.25) is 0 Å². The molecule has 0 amide bonds. The van der Waals surface area contributed by atoms with Crippen LogP contribution >= 0.6 is 12.4 Å². The van der Waals surface area contributed by atoms with Gasteiger partial charge in [0.1, 0.15) is 5.25 Å². The zero-order valence-corrected chi connectivity index (χ0v) is 15.6. The van der Waals surface area contributed by atoms with Gasteiger partial charge in [-0.1, -0.05) is 36.4 Å². The molecule has 25 heavy (non-hydrogen) atoms. The summed E-state index contributed by atoms with van der Waals surface area (Å²) in [6, 6.07) is 16.5. The fourth-order valence-electron chi connectivity index (χ4n) is 3.14. The number of nitrogens with one attached hydrogen (secondary N) is 1. The van der Waals surface area contributed by atoms with Crippen LogP contribution in [0.15, 0.2) is 54.6 Å². The predicted octanol–water partition coefficient (Wildman–Crippen LogP) is 2.47. The van der Waals surface area contributed by atoms with Gasteiger partial charge in [0.25, 0.3) is 0 Å². The smallest absolute Gasteiger partial charge is 0.245 e. The minimum Gasteiger partial charge on any atom is -0.392 e. The van der Waals surface area contributed by atoms with E-state index in [1.807, 2.05) is 42.5 Å². The number of halogens is 1. The van der Waals surface area contributed by atoms with E-state index in [0.717, 1.165) is 5.56 Å². The first-order valence-corrected chi connectivity index (χ1v) is 9.56. The number of sulfonamides is 1. The Hall–Kier alpha value is -1.60. The maximum Gasteiger partial charge on any atom is 0.245 e. The summed E-state index contributed by atoms with van der Waals surface area (Å²) in [7, 11) is -1.92. The minimum absolute atomic E-state index is 0. The van der Waals surface area contributed by atoms with E-state index in [-0.39, 0.29) is 12.4 Å². The SMILES string of the molecule is CNCC[C@H](O)[C@H]1Cc2ccccc2N(c2ccccc2)S1(=O)=O.Cl. The van der Waals surface area contributed by atoms with Crippen LogP contribution in [-0.4, -0.2) is 38.5 Å². The second-order valence-corrected chi connectivity index (χ2v) is 7.98. The molecule has 5 nitrogen and oxygen atoms in total. The number of para-hydroxylation sites is 2. The van der Waals surface area contributed by atoms with Crippen molar-refractivity contribution in [3.05, 3.63) is 60.2 Å². The number of hydrogen-bond acceptors (Lipinski definition) is 4. The number of rotatable bonds is 5. The van der Waals surface area contributed by atoms with Crippen molar-refractivity contribution in [2.75, 3.05) is 17.9 Å². The van der Waals surface area contributed by atoms with Crippen LogP contribution in [0, 0.1) is 0 Å². The Morgan fingerprint density at radius 3 is 2.48 bits per heavy atom. The Morgan fingerprint density at radius 1 is 1.16 bits per heavy atom. The van der Waals surface area contributed by atoms with Gasteiger partial charge < -0.3 is 10.4 Å². The standard InChI is InChI=1S/C18H22N2O3S.ClH/c1-19-12-11-17(21)18-13-14-7-5-6-10-16(14)20(24(18,22)23)15-8-3-2-4-9-15;/h2-10,17-19,21H,11-13H2,1H3;1H/t17-,18+;/m0./s1. The zero-order valence-electron chi connectivity index (χ0n) is 14.0. The maximum atomic E-state index is 13.2. The molecule has 0 saturated carbocycles. The van der Waals surface area contributed by atoms with Gasteiger partial charge in [0.15, 0.2) is 0 Å². The molecule has 0 spiro atoms. The van der Waals surface area contributed by atoms with Gasteiger partial charge in [-0.15, -0.1) is 12.4 Å². The largest absolute Gasteiger partial charge is 0.392 e. The molecule has 1 heterocycles. The second-order valence-electron chi connectivity index (χ2n) is 5.98. The summed E-state index contributed by atoms with van der Waals surface area (Å²) in [5, 5.41) is 12.6. The van der Waals surface area contributed by atoms with E-state index < -0.39 is 21.4 Å². The van der Waals surface area contributed by atoms with Gasteiger partial charge in [-0.3, -0.25) is 0 Å². The Bertz CT molecular complexity index is 799. The van der Waals surface area contributed by atoms with Crippen LogP contribution in [0.1, 0.15) is 12.0 Å². The fourth-order valence-corrected chi connectivity index (χ4v) is 5.20. The number of nitrogens with zero attached hydrogens (tertiary/aromatic N) is 1. The van der Waals surface area contributed by atoms with Gasteiger partial charge in [-0.2, -0.15) is 0 Å². The lowest BCUT2D eigenvalue weighted by Gasteiger charge is -2.37. The monoisotopic (exact) mass is 382 g/mol. The molecule has 1 aliphatic rings. The van der Waals surface area contributed by atoms with E-state index in [9.17, 15) is 13.5 Å². The van der Waals surface area contributed by atoms with Crippen molar-refractivity contribution in [3.8, 4) is 0 Å². The molecule has 0 radical (unpaired) electrons. The van der Waals surface area contributed by atoms with Crippen molar-refractivity contribution < 1.29 is 13.5 Å². The molecule has 2 atom stereocenters. The first-order chi connectivity index (χ1) is 11.6. The fraction of sp³-hybridized carbons (Fsp3) is 0.333. The molecule has 0 fully saturated rings. The maximum absolute atomic E-state index is 13.2. The van der Waals surface area contributed by atoms with Crippen molar-refractivity contribution in [2.45, 2.75) is 24.2 Å². The number of anilines is 2. The summed E-state index contributed by atoms with van der Waals surface area (Å²) < 4.78 is 27.8. The molecule has 2 aromatic carbocycles. The molecule has 3 rings (SSSR count). The van der Waals surface area contributed by atoms with Crippen LogP contribution in [0.3, 0.4) is 0 Å². The number of aliphatic hydroxyl groups excluding tert-OH is 1. The highest BCUT2D eigenvalue weighted by atomic mass is 35.5. The highest BCUT2D eigenvalue weighted by Crippen LogP contribution is 2.39. The summed E-state index contributed by atoms with van der Waals surface area (Å²) >= 11 is 0. The number of benzene rings is 2. The molecule has 0 aliphatic carbocycles. The van der Waals surface area contributed by atoms with E-state index in [1.54, 1.807) is 19.2 Å². The summed E-state index contributed by atoms with van der Waals surface area (Å²) in [6.07, 6.45) is -0.195. The van der Waals surface area contributed by atoms with Crippen molar-refractivity contribution in [1.82, 2.24) is 5.32 Å². The van der Waals surface area contributed by atoms with Crippen molar-refractivity contribution in [1.29, 1.82) is 0 Å². The van der Waals surface area contributed by atoms with Crippen molar-refractivity contribution in [3.63, 3.8) is 0 Å². The lowest BCUT2D eigenvalue weighted by Crippen LogP contribution is -2.47. The topological polar surface area (TPSA) is 69.6 Å². The van der Waals surface area contributed by atoms with Crippen LogP contribution in [0.5, 0.6) is 0 Å². The number of aliphatic hydroxyl groups is 1. The molecule has 1 aliphatic heterocycles. The third-order valence-electron chi connectivity index (χ3n) is 4.38. The predicted molar refractivity (Wildman–Crippen MR) is 103 cm³/mol. The lowest BCUT2D eigenvalue weighted by molar-refractivity contribution is 0.157. The summed E-state index contributed by atoms with van der Waals surface area (Å²) in [5.74, 6) is 0. The first kappa shape index (κ1) is 19.7. The average Bonchev–Trinajstić information content (AvgIpc) is 2.59. The Balaban J connectivity index is 0.00000225. The Morgan fingerprint density at radius 2 is 1.80 bits per heavy atom. The van der Waals surface area contributed by atoms with Gasteiger partial charge in [0, 0.05) is 0 Å². The molecule has 136 valence electrons. The minimum atomic E-state index is -3.70. The second kappa shape index (κ2) is 8.19. The summed E-state index contributed by atoms with van der Waals surface area (Å²) in [4.78, 5) is 0. The molecule has 0 saturated heterocycles. The van der Waals surface area contributed by atoms with Crippen LogP contribution in [0.4, 0.5) is 11.4 Å². The van der Waals surface area contributed by atoms with Gasteiger partial charge in [0.2, 0.25) is 10.0 Å². The highest BCUT2D eigenvalue weighted by molar-refractivity contribution is 7.93. The third-order valence-corrected chi connectivity index (χ3v) is 6.54. The quantitative estimate of drug-likeness (QED) is 0.833. The molecular weight excluding hydrogens is 360 g/mol. The van der Waals surface area contributed by atoms with Gasteiger partial charge >= 0.3 is 0 Å². The van der Waals surface area contributed by atoms with Gasteiger partial charge in [-0.05, 0) is 50.2 Å². The van der Waals surface area contributed by atoms with Crippen LogP contribution in [0.25, 0.3) is 0 Å². The van der Waals surface area contributed by atoms with Crippen LogP contribution < -0.4 is 9.62 Å². The van der Waals surface area contributed by atoms with Crippen molar-refractivity contribution >= 4 is 33.8 Å². The van der Waals surface area contributed by atoms with E-state index in [4.69, 9.17) is 0 Å². The average molecular weight is 383 g/mol. The number of hydrogen-bond donors (Lipinski definition) is 2. The van der Waals surface area contributed by atoms with E-state index in [0.29, 0.717) is 30.8 Å². The third kappa shape index (κ3) is 3.82. The molecular formula is C18H23ClN2O3S. The lowest BCUT2D eigenvalue weighted by atomic mass is 10.0. The molecule has 7 heteroatoms. The van der Waals surface area contributed by atoms with E-state index in [1.165, 1.54) is 4.31 Å².